The molecule has 1 heterocycles. The third kappa shape index (κ3) is 1.93. The van der Waals surface area contributed by atoms with Gasteiger partial charge >= 0.3 is 5.97 Å². The molecule has 0 radical (unpaired) electrons. The molecule has 1 aromatic carbocycles. The van der Waals surface area contributed by atoms with Gasteiger partial charge < -0.3 is 9.52 Å². The van der Waals surface area contributed by atoms with E-state index in [4.69, 9.17) is 4.42 Å². The van der Waals surface area contributed by atoms with Crippen molar-refractivity contribution in [1.29, 1.82) is 0 Å². The van der Waals surface area contributed by atoms with Crippen LogP contribution in [0, 0.1) is 12.7 Å². The minimum absolute atomic E-state index is 0.436. The van der Waals surface area contributed by atoms with Crippen LogP contribution < -0.4 is 0 Å². The highest BCUT2D eigenvalue weighted by Crippen LogP contribution is 2.49. The van der Waals surface area contributed by atoms with Crippen molar-refractivity contribution in [3.05, 3.63) is 47.5 Å². The Morgan fingerprint density at radius 3 is 2.58 bits per heavy atom. The van der Waals surface area contributed by atoms with E-state index < -0.39 is 17.2 Å². The first-order valence-electron chi connectivity index (χ1n) is 6.12. The van der Waals surface area contributed by atoms with Gasteiger partial charge in [-0.05, 0) is 55.7 Å². The molecule has 4 heteroatoms. The van der Waals surface area contributed by atoms with Gasteiger partial charge in [-0.15, -0.1) is 0 Å². The van der Waals surface area contributed by atoms with Crippen LogP contribution in [-0.2, 0) is 10.2 Å². The summed E-state index contributed by atoms with van der Waals surface area (Å²) < 4.78 is 19.2. The van der Waals surface area contributed by atoms with Gasteiger partial charge in [-0.25, -0.2) is 4.39 Å². The number of aliphatic carboxylic acids is 1. The molecule has 1 N–H and O–H groups in total. The topological polar surface area (TPSA) is 50.4 Å². The monoisotopic (exact) mass is 260 g/mol. The standard InChI is InChI=1S/C15H13FO3/c1-9-2-3-13(19-9)10-6-11(8-12(16)7-10)15(4-5-15)14(17)18/h2-3,6-8H,4-5H2,1H3,(H,17,18). The molecule has 1 aromatic heterocycles. The lowest BCUT2D eigenvalue weighted by Gasteiger charge is -2.11. The van der Waals surface area contributed by atoms with Gasteiger partial charge in [0, 0.05) is 5.56 Å². The van der Waals surface area contributed by atoms with Crippen molar-refractivity contribution in [1.82, 2.24) is 0 Å². The average molecular weight is 260 g/mol. The number of rotatable bonds is 3. The number of carboxylic acid groups (broad SMARTS) is 1. The van der Waals surface area contributed by atoms with Crippen LogP contribution in [0.15, 0.2) is 34.7 Å². The third-order valence-corrected chi connectivity index (χ3v) is 3.63. The van der Waals surface area contributed by atoms with Crippen LogP contribution in [0.4, 0.5) is 4.39 Å². The zero-order chi connectivity index (χ0) is 13.6. The van der Waals surface area contributed by atoms with Crippen molar-refractivity contribution in [3.63, 3.8) is 0 Å². The zero-order valence-corrected chi connectivity index (χ0v) is 10.4. The van der Waals surface area contributed by atoms with Crippen molar-refractivity contribution in [3.8, 4) is 11.3 Å². The number of hydrogen-bond donors (Lipinski definition) is 1. The first-order chi connectivity index (χ1) is 9.01. The summed E-state index contributed by atoms with van der Waals surface area (Å²) in [5, 5.41) is 9.27. The van der Waals surface area contributed by atoms with Gasteiger partial charge in [0.15, 0.2) is 0 Å². The predicted octanol–water partition coefficient (Wildman–Crippen LogP) is 3.51. The average Bonchev–Trinajstić information content (AvgIpc) is 3.06. The highest BCUT2D eigenvalue weighted by molar-refractivity contribution is 5.85. The Hall–Kier alpha value is -2.10. The molecule has 0 atom stereocenters. The predicted molar refractivity (Wildman–Crippen MR) is 67.4 cm³/mol. The molecular formula is C15H13FO3. The van der Waals surface area contributed by atoms with Crippen LogP contribution in [0.3, 0.4) is 0 Å². The third-order valence-electron chi connectivity index (χ3n) is 3.63. The summed E-state index contributed by atoms with van der Waals surface area (Å²) in [7, 11) is 0. The fourth-order valence-electron chi connectivity index (χ4n) is 2.35. The van der Waals surface area contributed by atoms with Crippen LogP contribution in [0.1, 0.15) is 24.2 Å². The highest BCUT2D eigenvalue weighted by Gasteiger charge is 2.52. The summed E-state index contributed by atoms with van der Waals surface area (Å²) in [5.41, 5.74) is 0.193. The van der Waals surface area contributed by atoms with Crippen LogP contribution in [0.2, 0.25) is 0 Å². The lowest BCUT2D eigenvalue weighted by atomic mass is 9.94. The van der Waals surface area contributed by atoms with E-state index >= 15 is 0 Å². The Morgan fingerprint density at radius 1 is 1.32 bits per heavy atom. The second-order valence-corrected chi connectivity index (χ2v) is 5.03. The molecule has 1 fully saturated rings. The van der Waals surface area contributed by atoms with Gasteiger partial charge in [0.1, 0.15) is 17.3 Å². The molecule has 3 rings (SSSR count). The van der Waals surface area contributed by atoms with Gasteiger partial charge in [-0.1, -0.05) is 0 Å². The van der Waals surface area contributed by atoms with E-state index in [1.807, 2.05) is 6.92 Å². The highest BCUT2D eigenvalue weighted by atomic mass is 19.1. The van der Waals surface area contributed by atoms with Crippen LogP contribution >= 0.6 is 0 Å². The van der Waals surface area contributed by atoms with Crippen molar-refractivity contribution in [2.75, 3.05) is 0 Å². The Bertz CT molecular complexity index is 653. The number of aryl methyl sites for hydroxylation is 1. The van der Waals surface area contributed by atoms with Crippen molar-refractivity contribution >= 4 is 5.97 Å². The largest absolute Gasteiger partial charge is 0.481 e. The van der Waals surface area contributed by atoms with Crippen molar-refractivity contribution < 1.29 is 18.7 Å². The number of benzene rings is 1. The van der Waals surface area contributed by atoms with Crippen molar-refractivity contribution in [2.24, 2.45) is 0 Å². The summed E-state index contributed by atoms with van der Waals surface area (Å²) >= 11 is 0. The number of hydrogen-bond acceptors (Lipinski definition) is 2. The molecule has 0 aliphatic heterocycles. The van der Waals surface area contributed by atoms with E-state index in [1.165, 1.54) is 12.1 Å². The molecule has 1 aliphatic carbocycles. The molecule has 3 nitrogen and oxygen atoms in total. The van der Waals surface area contributed by atoms with E-state index in [-0.39, 0.29) is 0 Å². The fourth-order valence-corrected chi connectivity index (χ4v) is 2.35. The maximum atomic E-state index is 13.7. The molecule has 19 heavy (non-hydrogen) atoms. The summed E-state index contributed by atoms with van der Waals surface area (Å²) in [6.45, 7) is 1.81. The number of carbonyl (C=O) groups is 1. The molecule has 2 aromatic rings. The van der Waals surface area contributed by atoms with Crippen LogP contribution in [-0.4, -0.2) is 11.1 Å². The lowest BCUT2D eigenvalue weighted by molar-refractivity contribution is -0.140. The van der Waals surface area contributed by atoms with Gasteiger partial charge in [0.25, 0.3) is 0 Å². The number of halogens is 1. The molecule has 0 amide bonds. The quantitative estimate of drug-likeness (QED) is 0.918. The van der Waals surface area contributed by atoms with Gasteiger partial charge in [0.05, 0.1) is 5.41 Å². The van der Waals surface area contributed by atoms with E-state index in [1.54, 1.807) is 18.2 Å². The molecule has 0 spiro atoms. The summed E-state index contributed by atoms with van der Waals surface area (Å²) in [6.07, 6.45) is 1.12. The molecule has 1 saturated carbocycles. The Balaban J connectivity index is 2.09. The van der Waals surface area contributed by atoms with E-state index in [9.17, 15) is 14.3 Å². The molecule has 0 unspecified atom stereocenters. The van der Waals surface area contributed by atoms with E-state index in [0.717, 1.165) is 5.76 Å². The smallest absolute Gasteiger partial charge is 0.314 e. The van der Waals surface area contributed by atoms with Crippen LogP contribution in [0.5, 0.6) is 0 Å². The molecule has 1 aliphatic rings. The summed E-state index contributed by atoms with van der Waals surface area (Å²) in [4.78, 5) is 11.3. The Morgan fingerprint density at radius 2 is 2.05 bits per heavy atom. The zero-order valence-electron chi connectivity index (χ0n) is 10.4. The van der Waals surface area contributed by atoms with E-state index in [2.05, 4.69) is 0 Å². The first kappa shape index (κ1) is 12.0. The maximum absolute atomic E-state index is 13.7. The lowest BCUT2D eigenvalue weighted by Crippen LogP contribution is -2.19. The second kappa shape index (κ2) is 3.95. The number of carboxylic acids is 1. The Labute approximate surface area is 109 Å². The van der Waals surface area contributed by atoms with Gasteiger partial charge in [-0.2, -0.15) is 0 Å². The SMILES string of the molecule is Cc1ccc(-c2cc(F)cc(C3(C(=O)O)CC3)c2)o1. The van der Waals surface area contributed by atoms with Crippen LogP contribution in [0.25, 0.3) is 11.3 Å². The Kier molecular flexibility index (Phi) is 2.49. The maximum Gasteiger partial charge on any atom is 0.314 e. The minimum Gasteiger partial charge on any atom is -0.481 e. The second-order valence-electron chi connectivity index (χ2n) is 5.03. The fraction of sp³-hybridized carbons (Fsp3) is 0.267. The number of furan rings is 1. The minimum atomic E-state index is -0.904. The summed E-state index contributed by atoms with van der Waals surface area (Å²) in [5.74, 6) is -0.0339. The molecular weight excluding hydrogens is 247 g/mol. The van der Waals surface area contributed by atoms with Gasteiger partial charge in [-0.3, -0.25) is 4.79 Å². The van der Waals surface area contributed by atoms with Gasteiger partial charge in [0.2, 0.25) is 0 Å². The van der Waals surface area contributed by atoms with Crippen molar-refractivity contribution in [2.45, 2.75) is 25.2 Å². The van der Waals surface area contributed by atoms with E-state index in [0.29, 0.717) is 29.7 Å². The first-order valence-corrected chi connectivity index (χ1v) is 6.12. The normalized spacial score (nSPS) is 16.3. The summed E-state index contributed by atoms with van der Waals surface area (Å²) in [6, 6.07) is 7.93. The molecule has 0 bridgehead atoms. The molecule has 98 valence electrons. The molecule has 0 saturated heterocycles.